The molecule has 0 bridgehead atoms. The van der Waals surface area contributed by atoms with E-state index < -0.39 is 10.0 Å². The molecule has 0 aliphatic heterocycles. The van der Waals surface area contributed by atoms with E-state index in [0.29, 0.717) is 12.5 Å². The van der Waals surface area contributed by atoms with Crippen LogP contribution < -0.4 is 16.2 Å². The van der Waals surface area contributed by atoms with Crippen LogP contribution >= 0.6 is 0 Å². The summed E-state index contributed by atoms with van der Waals surface area (Å²) in [5.74, 6) is 0.603. The third kappa shape index (κ3) is 3.94. The molecule has 5 nitrogen and oxygen atoms in total. The SMILES string of the molecule is NCC(Nc1ccc(S(N)(=O)=O)cc1)C1CCCCC1. The first-order chi connectivity index (χ1) is 9.50. The summed E-state index contributed by atoms with van der Waals surface area (Å²) in [5, 5.41) is 8.50. The Morgan fingerprint density at radius 2 is 1.75 bits per heavy atom. The molecule has 0 saturated heterocycles. The van der Waals surface area contributed by atoms with Gasteiger partial charge in [0.25, 0.3) is 0 Å². The van der Waals surface area contributed by atoms with Crippen LogP contribution in [0.5, 0.6) is 0 Å². The van der Waals surface area contributed by atoms with E-state index in [4.69, 9.17) is 10.9 Å². The summed E-state index contributed by atoms with van der Waals surface area (Å²) in [5.41, 5.74) is 6.76. The molecule has 6 heteroatoms. The van der Waals surface area contributed by atoms with Crippen LogP contribution in [0.2, 0.25) is 0 Å². The number of nitrogens with two attached hydrogens (primary N) is 2. The van der Waals surface area contributed by atoms with Crippen molar-refractivity contribution in [2.24, 2.45) is 16.8 Å². The Morgan fingerprint density at radius 3 is 2.25 bits per heavy atom. The van der Waals surface area contributed by atoms with Crippen LogP contribution in [0.15, 0.2) is 29.2 Å². The highest BCUT2D eigenvalue weighted by atomic mass is 32.2. The van der Waals surface area contributed by atoms with Gasteiger partial charge in [0.05, 0.1) is 4.90 Å². The second-order valence-electron chi connectivity index (χ2n) is 5.45. The molecule has 1 unspecified atom stereocenters. The van der Waals surface area contributed by atoms with Gasteiger partial charge < -0.3 is 11.1 Å². The predicted octanol–water partition coefficient (Wildman–Crippen LogP) is 1.65. The number of rotatable bonds is 5. The van der Waals surface area contributed by atoms with Gasteiger partial charge in [0.2, 0.25) is 10.0 Å². The Labute approximate surface area is 120 Å². The van der Waals surface area contributed by atoms with Crippen LogP contribution in [0.3, 0.4) is 0 Å². The molecule has 112 valence electrons. The van der Waals surface area contributed by atoms with Crippen molar-refractivity contribution in [1.82, 2.24) is 0 Å². The van der Waals surface area contributed by atoms with Gasteiger partial charge in [0.15, 0.2) is 0 Å². The van der Waals surface area contributed by atoms with Gasteiger partial charge in [-0.1, -0.05) is 19.3 Å². The van der Waals surface area contributed by atoms with Crippen molar-refractivity contribution >= 4 is 15.7 Å². The van der Waals surface area contributed by atoms with Gasteiger partial charge in [-0.25, -0.2) is 13.6 Å². The highest BCUT2D eigenvalue weighted by Gasteiger charge is 2.22. The van der Waals surface area contributed by atoms with Crippen molar-refractivity contribution in [3.8, 4) is 0 Å². The maximum absolute atomic E-state index is 11.2. The van der Waals surface area contributed by atoms with Crippen molar-refractivity contribution in [2.45, 2.75) is 43.0 Å². The Morgan fingerprint density at radius 1 is 1.15 bits per heavy atom. The van der Waals surface area contributed by atoms with Crippen LogP contribution in [-0.4, -0.2) is 21.0 Å². The van der Waals surface area contributed by atoms with E-state index in [1.807, 2.05) is 0 Å². The lowest BCUT2D eigenvalue weighted by Gasteiger charge is -2.30. The normalized spacial score (nSPS) is 18.7. The lowest BCUT2D eigenvalue weighted by Crippen LogP contribution is -2.37. The van der Waals surface area contributed by atoms with Gasteiger partial charge in [-0.3, -0.25) is 0 Å². The maximum Gasteiger partial charge on any atom is 0.238 e. The molecule has 1 aromatic carbocycles. The highest BCUT2D eigenvalue weighted by Crippen LogP contribution is 2.28. The molecule has 1 saturated carbocycles. The van der Waals surface area contributed by atoms with Crippen molar-refractivity contribution in [2.75, 3.05) is 11.9 Å². The summed E-state index contributed by atoms with van der Waals surface area (Å²) in [6.07, 6.45) is 6.28. The number of hydrogen-bond acceptors (Lipinski definition) is 4. The second-order valence-corrected chi connectivity index (χ2v) is 7.02. The summed E-state index contributed by atoms with van der Waals surface area (Å²) in [7, 11) is -3.63. The molecular weight excluding hydrogens is 274 g/mol. The van der Waals surface area contributed by atoms with E-state index in [-0.39, 0.29) is 10.9 Å². The fourth-order valence-corrected chi connectivity index (χ4v) is 3.38. The third-order valence-electron chi connectivity index (χ3n) is 4.01. The lowest BCUT2D eigenvalue weighted by atomic mass is 9.84. The number of primary sulfonamides is 1. The third-order valence-corrected chi connectivity index (χ3v) is 4.94. The van der Waals surface area contributed by atoms with Crippen LogP contribution in [-0.2, 0) is 10.0 Å². The van der Waals surface area contributed by atoms with Crippen molar-refractivity contribution in [3.63, 3.8) is 0 Å². The maximum atomic E-state index is 11.2. The Balaban J connectivity index is 2.04. The average molecular weight is 297 g/mol. The first kappa shape index (κ1) is 15.3. The van der Waals surface area contributed by atoms with Gasteiger partial charge in [-0.05, 0) is 43.0 Å². The fraction of sp³-hybridized carbons (Fsp3) is 0.571. The smallest absolute Gasteiger partial charge is 0.238 e. The molecule has 20 heavy (non-hydrogen) atoms. The monoisotopic (exact) mass is 297 g/mol. The van der Waals surface area contributed by atoms with Crippen LogP contribution in [0, 0.1) is 5.92 Å². The topological polar surface area (TPSA) is 98.2 Å². The highest BCUT2D eigenvalue weighted by molar-refractivity contribution is 7.89. The van der Waals surface area contributed by atoms with E-state index in [1.54, 1.807) is 12.1 Å². The number of benzene rings is 1. The zero-order valence-electron chi connectivity index (χ0n) is 11.6. The number of anilines is 1. The zero-order chi connectivity index (χ0) is 14.6. The number of nitrogens with one attached hydrogen (secondary N) is 1. The molecule has 0 aromatic heterocycles. The van der Waals surface area contributed by atoms with Gasteiger partial charge >= 0.3 is 0 Å². The van der Waals surface area contributed by atoms with Gasteiger partial charge in [0.1, 0.15) is 0 Å². The molecule has 5 N–H and O–H groups in total. The molecule has 0 heterocycles. The molecule has 1 fully saturated rings. The largest absolute Gasteiger partial charge is 0.381 e. The summed E-state index contributed by atoms with van der Waals surface area (Å²) >= 11 is 0. The minimum atomic E-state index is -3.63. The molecule has 0 radical (unpaired) electrons. The Kier molecular flexibility index (Phi) is 5.01. The number of hydrogen-bond donors (Lipinski definition) is 3. The molecule has 1 aliphatic carbocycles. The van der Waals surface area contributed by atoms with E-state index in [0.717, 1.165) is 5.69 Å². The predicted molar refractivity (Wildman–Crippen MR) is 80.9 cm³/mol. The molecular formula is C14H23N3O2S. The van der Waals surface area contributed by atoms with E-state index in [9.17, 15) is 8.42 Å². The van der Waals surface area contributed by atoms with E-state index in [1.165, 1.54) is 44.2 Å². The molecule has 0 amide bonds. The Bertz CT molecular complexity index is 522. The first-order valence-electron chi connectivity index (χ1n) is 7.10. The van der Waals surface area contributed by atoms with Crippen molar-refractivity contribution in [1.29, 1.82) is 0 Å². The van der Waals surface area contributed by atoms with Crippen LogP contribution in [0.1, 0.15) is 32.1 Å². The van der Waals surface area contributed by atoms with Crippen molar-refractivity contribution < 1.29 is 8.42 Å². The van der Waals surface area contributed by atoms with Crippen molar-refractivity contribution in [3.05, 3.63) is 24.3 Å². The molecule has 1 atom stereocenters. The number of sulfonamides is 1. The minimum Gasteiger partial charge on any atom is -0.381 e. The Hall–Kier alpha value is -1.11. The minimum absolute atomic E-state index is 0.130. The van der Waals surface area contributed by atoms with Gasteiger partial charge in [0, 0.05) is 18.3 Å². The molecule has 1 aromatic rings. The molecule has 1 aliphatic rings. The summed E-state index contributed by atoms with van der Waals surface area (Å²) in [6, 6.07) is 6.77. The molecule has 2 rings (SSSR count). The standard InChI is InChI=1S/C14H23N3O2S/c15-10-14(11-4-2-1-3-5-11)17-12-6-8-13(9-7-12)20(16,18)19/h6-9,11,14,17H,1-5,10,15H2,(H2,16,18,19). The second kappa shape index (κ2) is 6.56. The van der Waals surface area contributed by atoms with Gasteiger partial charge in [-0.2, -0.15) is 0 Å². The summed E-state index contributed by atoms with van der Waals surface area (Å²) in [4.78, 5) is 0.130. The lowest BCUT2D eigenvalue weighted by molar-refractivity contribution is 0.320. The van der Waals surface area contributed by atoms with E-state index in [2.05, 4.69) is 5.32 Å². The quantitative estimate of drug-likeness (QED) is 0.769. The van der Waals surface area contributed by atoms with Crippen LogP contribution in [0.4, 0.5) is 5.69 Å². The summed E-state index contributed by atoms with van der Waals surface area (Å²) < 4.78 is 22.4. The first-order valence-corrected chi connectivity index (χ1v) is 8.65. The average Bonchev–Trinajstić information content (AvgIpc) is 2.45. The fourth-order valence-electron chi connectivity index (χ4n) is 2.86. The van der Waals surface area contributed by atoms with Gasteiger partial charge in [-0.15, -0.1) is 0 Å². The van der Waals surface area contributed by atoms with Crippen LogP contribution in [0.25, 0.3) is 0 Å². The van der Waals surface area contributed by atoms with E-state index >= 15 is 0 Å². The summed E-state index contributed by atoms with van der Waals surface area (Å²) in [6.45, 7) is 0.585. The zero-order valence-corrected chi connectivity index (χ0v) is 12.4. The molecule has 0 spiro atoms.